The lowest BCUT2D eigenvalue weighted by Gasteiger charge is -2.39. The molecule has 7 heteroatoms. The van der Waals surface area contributed by atoms with Crippen molar-refractivity contribution in [1.29, 1.82) is 0 Å². The molecule has 0 saturated carbocycles. The van der Waals surface area contributed by atoms with E-state index in [4.69, 9.17) is 5.73 Å². The zero-order valence-corrected chi connectivity index (χ0v) is 13.4. The van der Waals surface area contributed by atoms with Crippen LogP contribution < -0.4 is 5.73 Å². The number of rotatable bonds is 2. The number of nitrogens with zero attached hydrogens (tertiary/aromatic N) is 2. The third-order valence-corrected chi connectivity index (χ3v) is 7.38. The average Bonchev–Trinajstić information content (AvgIpc) is 2.63. The van der Waals surface area contributed by atoms with Crippen molar-refractivity contribution in [1.82, 2.24) is 9.29 Å². The SMILES string of the molecule is Cc1nc(N)sc1S(=O)(=O)N1CC(C)CC(C)C1C. The van der Waals surface area contributed by atoms with Gasteiger partial charge in [0.05, 0.1) is 5.69 Å². The molecule has 1 saturated heterocycles. The molecule has 0 radical (unpaired) electrons. The predicted molar refractivity (Wildman–Crippen MR) is 77.6 cm³/mol. The Hall–Kier alpha value is -0.660. The molecule has 0 aromatic carbocycles. The number of aromatic nitrogens is 1. The number of piperidine rings is 1. The molecular weight excluding hydrogens is 282 g/mol. The predicted octanol–water partition coefficient (Wildman–Crippen LogP) is 2.09. The number of anilines is 1. The minimum Gasteiger partial charge on any atom is -0.375 e. The van der Waals surface area contributed by atoms with Crippen LogP contribution in [0.25, 0.3) is 0 Å². The monoisotopic (exact) mass is 303 g/mol. The minimum absolute atomic E-state index is 0.0175. The summed E-state index contributed by atoms with van der Waals surface area (Å²) in [6.45, 7) is 8.45. The Labute approximate surface area is 118 Å². The number of nitrogen functional groups attached to an aromatic ring is 1. The Morgan fingerprint density at radius 3 is 2.53 bits per heavy atom. The van der Waals surface area contributed by atoms with Crippen LogP contribution in [-0.2, 0) is 10.0 Å². The molecule has 1 aromatic heterocycles. The molecule has 0 amide bonds. The quantitative estimate of drug-likeness (QED) is 0.907. The summed E-state index contributed by atoms with van der Waals surface area (Å²) in [6, 6.07) is 0.0175. The molecule has 1 aliphatic heterocycles. The van der Waals surface area contributed by atoms with Crippen LogP contribution in [0.15, 0.2) is 4.21 Å². The van der Waals surface area contributed by atoms with E-state index in [2.05, 4.69) is 18.8 Å². The lowest BCUT2D eigenvalue weighted by Crippen LogP contribution is -2.48. The van der Waals surface area contributed by atoms with Crippen LogP contribution in [0.1, 0.15) is 32.9 Å². The molecule has 1 fully saturated rings. The molecule has 2 rings (SSSR count). The van der Waals surface area contributed by atoms with Gasteiger partial charge in [-0.15, -0.1) is 0 Å². The fourth-order valence-electron chi connectivity index (χ4n) is 2.73. The van der Waals surface area contributed by atoms with Crippen LogP contribution >= 0.6 is 11.3 Å². The summed E-state index contributed by atoms with van der Waals surface area (Å²) in [5.74, 6) is 0.746. The van der Waals surface area contributed by atoms with Crippen molar-refractivity contribution in [2.75, 3.05) is 12.3 Å². The van der Waals surface area contributed by atoms with Crippen molar-refractivity contribution in [2.45, 2.75) is 44.4 Å². The lowest BCUT2D eigenvalue weighted by molar-refractivity contribution is 0.157. The van der Waals surface area contributed by atoms with Crippen molar-refractivity contribution in [3.63, 3.8) is 0 Å². The molecule has 0 aliphatic carbocycles. The van der Waals surface area contributed by atoms with E-state index >= 15 is 0 Å². The Balaban J connectivity index is 2.41. The number of hydrogen-bond acceptors (Lipinski definition) is 5. The molecule has 3 atom stereocenters. The highest BCUT2D eigenvalue weighted by Gasteiger charge is 2.38. The lowest BCUT2D eigenvalue weighted by atomic mass is 9.88. The fourth-order valence-corrected chi connectivity index (χ4v) is 5.99. The highest BCUT2D eigenvalue weighted by atomic mass is 32.2. The van der Waals surface area contributed by atoms with Crippen LogP contribution in [0.2, 0.25) is 0 Å². The number of sulfonamides is 1. The Morgan fingerprint density at radius 1 is 1.37 bits per heavy atom. The van der Waals surface area contributed by atoms with Gasteiger partial charge in [-0.05, 0) is 32.1 Å². The fraction of sp³-hybridized carbons (Fsp3) is 0.750. The maximum atomic E-state index is 12.8. The smallest absolute Gasteiger partial charge is 0.254 e. The molecule has 19 heavy (non-hydrogen) atoms. The second-order valence-electron chi connectivity index (χ2n) is 5.56. The van der Waals surface area contributed by atoms with E-state index in [1.54, 1.807) is 11.2 Å². The summed E-state index contributed by atoms with van der Waals surface area (Å²) in [6.07, 6.45) is 1.07. The van der Waals surface area contributed by atoms with Crippen molar-refractivity contribution in [3.8, 4) is 0 Å². The largest absolute Gasteiger partial charge is 0.375 e. The second kappa shape index (κ2) is 5.03. The molecule has 1 aliphatic rings. The molecule has 0 bridgehead atoms. The van der Waals surface area contributed by atoms with Gasteiger partial charge in [-0.25, -0.2) is 13.4 Å². The van der Waals surface area contributed by atoms with Crippen LogP contribution in [0.5, 0.6) is 0 Å². The van der Waals surface area contributed by atoms with E-state index in [1.165, 1.54) is 0 Å². The third-order valence-electron chi connectivity index (χ3n) is 3.86. The summed E-state index contributed by atoms with van der Waals surface area (Å²) >= 11 is 1.06. The summed E-state index contributed by atoms with van der Waals surface area (Å²) in [7, 11) is -3.48. The number of nitrogens with two attached hydrogens (primary N) is 1. The van der Waals surface area contributed by atoms with Gasteiger partial charge < -0.3 is 5.73 Å². The zero-order valence-electron chi connectivity index (χ0n) is 11.8. The van der Waals surface area contributed by atoms with Gasteiger partial charge in [0.25, 0.3) is 10.0 Å². The zero-order chi connectivity index (χ0) is 14.4. The number of hydrogen-bond donors (Lipinski definition) is 1. The first kappa shape index (κ1) is 14.7. The first-order valence-electron chi connectivity index (χ1n) is 6.48. The number of aryl methyl sites for hydroxylation is 1. The Kier molecular flexibility index (Phi) is 3.90. The van der Waals surface area contributed by atoms with Crippen molar-refractivity contribution in [3.05, 3.63) is 5.69 Å². The van der Waals surface area contributed by atoms with Gasteiger partial charge in [0.1, 0.15) is 0 Å². The molecule has 1 aromatic rings. The first-order chi connectivity index (χ1) is 8.73. The normalized spacial score (nSPS) is 29.6. The summed E-state index contributed by atoms with van der Waals surface area (Å²) in [5, 5.41) is 0.307. The summed E-state index contributed by atoms with van der Waals surface area (Å²) < 4.78 is 27.4. The van der Waals surface area contributed by atoms with Crippen LogP contribution in [0, 0.1) is 18.8 Å². The van der Waals surface area contributed by atoms with Crippen molar-refractivity contribution >= 4 is 26.5 Å². The first-order valence-corrected chi connectivity index (χ1v) is 8.74. The average molecular weight is 303 g/mol. The Bertz CT molecular complexity index is 568. The molecule has 2 heterocycles. The van der Waals surface area contributed by atoms with Crippen LogP contribution in [-0.4, -0.2) is 30.3 Å². The molecule has 108 valence electrons. The van der Waals surface area contributed by atoms with Crippen molar-refractivity contribution in [2.24, 2.45) is 11.8 Å². The second-order valence-corrected chi connectivity index (χ2v) is 8.67. The van der Waals surface area contributed by atoms with E-state index in [1.807, 2.05) is 6.92 Å². The van der Waals surface area contributed by atoms with Crippen LogP contribution in [0.3, 0.4) is 0 Å². The van der Waals surface area contributed by atoms with Gasteiger partial charge in [-0.1, -0.05) is 25.2 Å². The van der Waals surface area contributed by atoms with Crippen molar-refractivity contribution < 1.29 is 8.42 Å². The van der Waals surface area contributed by atoms with E-state index < -0.39 is 10.0 Å². The van der Waals surface area contributed by atoms with E-state index in [-0.39, 0.29) is 10.3 Å². The summed E-state index contributed by atoms with van der Waals surface area (Å²) in [4.78, 5) is 4.03. The maximum absolute atomic E-state index is 12.8. The standard InChI is InChI=1S/C12H21N3O2S2/c1-7-5-8(2)10(4)15(6-7)19(16,17)11-9(3)14-12(13)18-11/h7-8,10H,5-6H2,1-4H3,(H2,13,14). The minimum atomic E-state index is -3.48. The maximum Gasteiger partial charge on any atom is 0.254 e. The Morgan fingerprint density at radius 2 is 2.00 bits per heavy atom. The van der Waals surface area contributed by atoms with E-state index in [0.29, 0.717) is 29.2 Å². The molecule has 5 nitrogen and oxygen atoms in total. The highest BCUT2D eigenvalue weighted by molar-refractivity contribution is 7.91. The molecular formula is C12H21N3O2S2. The van der Waals surface area contributed by atoms with Gasteiger partial charge in [0.2, 0.25) is 0 Å². The molecule has 3 unspecified atom stereocenters. The van der Waals surface area contributed by atoms with Gasteiger partial charge in [-0.2, -0.15) is 4.31 Å². The molecule has 2 N–H and O–H groups in total. The van der Waals surface area contributed by atoms with Crippen LogP contribution in [0.4, 0.5) is 5.13 Å². The van der Waals surface area contributed by atoms with E-state index in [9.17, 15) is 8.42 Å². The van der Waals surface area contributed by atoms with Gasteiger partial charge in [0.15, 0.2) is 9.34 Å². The van der Waals surface area contributed by atoms with E-state index in [0.717, 1.165) is 17.8 Å². The topological polar surface area (TPSA) is 76.3 Å². The highest BCUT2D eigenvalue weighted by Crippen LogP contribution is 2.35. The molecule has 0 spiro atoms. The summed E-state index contributed by atoms with van der Waals surface area (Å²) in [5.41, 5.74) is 6.12. The van der Waals surface area contributed by atoms with Gasteiger partial charge >= 0.3 is 0 Å². The van der Waals surface area contributed by atoms with Gasteiger partial charge in [-0.3, -0.25) is 0 Å². The number of thiazole rings is 1. The van der Waals surface area contributed by atoms with Gasteiger partial charge in [0, 0.05) is 12.6 Å². The third kappa shape index (κ3) is 2.64.